The zero-order valence-corrected chi connectivity index (χ0v) is 17.7. The highest BCUT2D eigenvalue weighted by Gasteiger charge is 2.44. The van der Waals surface area contributed by atoms with E-state index in [1.807, 2.05) is 24.3 Å². The quantitative estimate of drug-likeness (QED) is 0.469. The highest BCUT2D eigenvalue weighted by molar-refractivity contribution is 7.92. The normalized spacial score (nSPS) is 17.6. The van der Waals surface area contributed by atoms with E-state index in [1.54, 1.807) is 30.6 Å². The molecule has 0 aliphatic heterocycles. The van der Waals surface area contributed by atoms with Gasteiger partial charge >= 0.3 is 0 Å². The summed E-state index contributed by atoms with van der Waals surface area (Å²) in [6, 6.07) is 15.8. The number of carbonyl (C=O) groups excluding carboxylic acids is 1. The van der Waals surface area contributed by atoms with E-state index in [9.17, 15) is 13.2 Å². The van der Waals surface area contributed by atoms with Crippen LogP contribution in [0.1, 0.15) is 17.9 Å². The van der Waals surface area contributed by atoms with Gasteiger partial charge in [-0.2, -0.15) is 0 Å². The summed E-state index contributed by atoms with van der Waals surface area (Å²) in [6.07, 6.45) is 7.15. The van der Waals surface area contributed by atoms with Crippen LogP contribution in [0.15, 0.2) is 84.3 Å². The maximum atomic E-state index is 12.7. The first-order chi connectivity index (χ1) is 15.5. The van der Waals surface area contributed by atoms with E-state index in [0.29, 0.717) is 0 Å². The second-order valence-corrected chi connectivity index (χ2v) is 9.30. The Morgan fingerprint density at radius 2 is 1.72 bits per heavy atom. The smallest absolute Gasteiger partial charge is 0.264 e. The van der Waals surface area contributed by atoms with Crippen LogP contribution in [0.5, 0.6) is 0 Å². The summed E-state index contributed by atoms with van der Waals surface area (Å²) in [5.41, 5.74) is 1.68. The fourth-order valence-corrected chi connectivity index (χ4v) is 4.63. The molecule has 1 aliphatic rings. The van der Waals surface area contributed by atoms with Crippen LogP contribution in [0.4, 0.5) is 11.6 Å². The molecule has 8 nitrogen and oxygen atoms in total. The lowest BCUT2D eigenvalue weighted by Crippen LogP contribution is -2.15. The largest absolute Gasteiger partial charge is 0.326 e. The lowest BCUT2D eigenvalue weighted by Gasteiger charge is -2.08. The number of benzene rings is 2. The van der Waals surface area contributed by atoms with Gasteiger partial charge in [-0.05, 0) is 59.7 Å². The average molecular weight is 446 g/mol. The monoisotopic (exact) mass is 445 g/mol. The highest BCUT2D eigenvalue weighted by atomic mass is 32.2. The number of carbonyl (C=O) groups is 1. The van der Waals surface area contributed by atoms with Crippen LogP contribution in [-0.2, 0) is 14.8 Å². The van der Waals surface area contributed by atoms with E-state index >= 15 is 0 Å². The van der Waals surface area contributed by atoms with Crippen LogP contribution < -0.4 is 10.0 Å². The molecular formula is C23H19N5O3S. The van der Waals surface area contributed by atoms with Crippen molar-refractivity contribution in [3.05, 3.63) is 84.9 Å². The molecule has 2 aromatic carbocycles. The number of fused-ring (bicyclic) bond motifs is 1. The maximum absolute atomic E-state index is 12.7. The molecular weight excluding hydrogens is 426 g/mol. The van der Waals surface area contributed by atoms with Gasteiger partial charge in [0.05, 0.1) is 4.90 Å². The summed E-state index contributed by atoms with van der Waals surface area (Å²) in [6.45, 7) is 0. The number of amides is 1. The summed E-state index contributed by atoms with van der Waals surface area (Å²) >= 11 is 0. The molecule has 1 amide bonds. The van der Waals surface area contributed by atoms with Crippen molar-refractivity contribution in [2.45, 2.75) is 17.2 Å². The summed E-state index contributed by atoms with van der Waals surface area (Å²) in [4.78, 5) is 24.6. The van der Waals surface area contributed by atoms with Gasteiger partial charge in [0.15, 0.2) is 0 Å². The van der Waals surface area contributed by atoms with Gasteiger partial charge in [0.2, 0.25) is 11.9 Å². The number of nitrogens with zero attached hydrogens (tertiary/aromatic N) is 3. The standard InChI is InChI=1S/C23H19N5O3S/c29-22(27-18-5-2-17-14-24-11-8-16(17)12-18)21-13-20(21)15-3-6-19(7-4-15)32(30,31)28-23-25-9-1-10-26-23/h1-12,14,20-21H,13H2,(H,27,29)(H,25,26,28)/t20-,21+/m0/s1. The van der Waals surface area contributed by atoms with Gasteiger partial charge in [-0.1, -0.05) is 18.2 Å². The van der Waals surface area contributed by atoms with Crippen LogP contribution in [0, 0.1) is 5.92 Å². The first kappa shape index (κ1) is 20.1. The summed E-state index contributed by atoms with van der Waals surface area (Å²) in [5.74, 6) is -0.0910. The zero-order chi connectivity index (χ0) is 22.1. The third-order valence-electron chi connectivity index (χ3n) is 5.45. The fourth-order valence-electron chi connectivity index (χ4n) is 3.67. The molecule has 0 bridgehead atoms. The minimum atomic E-state index is -3.78. The summed E-state index contributed by atoms with van der Waals surface area (Å²) in [5, 5.41) is 5.00. The Morgan fingerprint density at radius 3 is 2.50 bits per heavy atom. The lowest BCUT2D eigenvalue weighted by molar-refractivity contribution is -0.117. The summed E-state index contributed by atoms with van der Waals surface area (Å²) in [7, 11) is -3.78. The van der Waals surface area contributed by atoms with Gasteiger partial charge in [0.1, 0.15) is 0 Å². The molecule has 0 radical (unpaired) electrons. The Balaban J connectivity index is 1.24. The number of nitrogens with one attached hydrogen (secondary N) is 2. The van der Waals surface area contributed by atoms with Gasteiger partial charge in [-0.25, -0.2) is 23.1 Å². The van der Waals surface area contributed by atoms with Crippen molar-refractivity contribution in [1.82, 2.24) is 15.0 Å². The minimum absolute atomic E-state index is 0.0143. The van der Waals surface area contributed by atoms with Gasteiger partial charge in [0.25, 0.3) is 10.0 Å². The number of rotatable bonds is 6. The number of hydrogen-bond donors (Lipinski definition) is 2. The molecule has 0 spiro atoms. The lowest BCUT2D eigenvalue weighted by atomic mass is 10.1. The van der Waals surface area contributed by atoms with Crippen molar-refractivity contribution in [2.24, 2.45) is 5.92 Å². The SMILES string of the molecule is O=C(Nc1ccc2cnccc2c1)[C@@H]1C[C@H]1c1ccc(S(=O)(=O)Nc2ncccn2)cc1. The number of hydrogen-bond acceptors (Lipinski definition) is 6. The molecule has 32 heavy (non-hydrogen) atoms. The van der Waals surface area contributed by atoms with E-state index in [0.717, 1.165) is 28.4 Å². The van der Waals surface area contributed by atoms with E-state index < -0.39 is 10.0 Å². The second kappa shape index (κ2) is 8.01. The van der Waals surface area contributed by atoms with Crippen LogP contribution in [0.2, 0.25) is 0 Å². The number of pyridine rings is 1. The van der Waals surface area contributed by atoms with Crippen molar-refractivity contribution in [3.63, 3.8) is 0 Å². The van der Waals surface area contributed by atoms with E-state index in [2.05, 4.69) is 25.0 Å². The molecule has 4 aromatic rings. The molecule has 0 unspecified atom stereocenters. The molecule has 2 heterocycles. The van der Waals surface area contributed by atoms with E-state index in [-0.39, 0.29) is 28.6 Å². The van der Waals surface area contributed by atoms with E-state index in [4.69, 9.17) is 0 Å². The molecule has 160 valence electrons. The first-order valence-corrected chi connectivity index (χ1v) is 11.5. The van der Waals surface area contributed by atoms with Gasteiger partial charge in [-0.15, -0.1) is 0 Å². The topological polar surface area (TPSA) is 114 Å². The predicted octanol–water partition coefficient (Wildman–Crippen LogP) is 3.57. The van der Waals surface area contributed by atoms with Crippen molar-refractivity contribution in [3.8, 4) is 0 Å². The Labute approximate surface area is 184 Å². The van der Waals surface area contributed by atoms with Crippen LogP contribution >= 0.6 is 0 Å². The molecule has 1 aliphatic carbocycles. The fraction of sp³-hybridized carbons (Fsp3) is 0.130. The van der Waals surface area contributed by atoms with Crippen molar-refractivity contribution < 1.29 is 13.2 Å². The predicted molar refractivity (Wildman–Crippen MR) is 121 cm³/mol. The molecule has 2 N–H and O–H groups in total. The van der Waals surface area contributed by atoms with E-state index in [1.165, 1.54) is 24.5 Å². The molecule has 2 atom stereocenters. The molecule has 9 heteroatoms. The third kappa shape index (κ3) is 4.15. The van der Waals surface area contributed by atoms with Gasteiger partial charge < -0.3 is 5.32 Å². The van der Waals surface area contributed by atoms with Gasteiger partial charge in [0, 0.05) is 41.8 Å². The van der Waals surface area contributed by atoms with Crippen LogP contribution in [-0.4, -0.2) is 29.3 Å². The van der Waals surface area contributed by atoms with Crippen molar-refractivity contribution in [1.29, 1.82) is 0 Å². The van der Waals surface area contributed by atoms with Gasteiger partial charge in [-0.3, -0.25) is 9.78 Å². The number of aromatic nitrogens is 3. The van der Waals surface area contributed by atoms with Crippen molar-refractivity contribution in [2.75, 3.05) is 10.0 Å². The molecule has 1 fully saturated rings. The third-order valence-corrected chi connectivity index (χ3v) is 6.79. The maximum Gasteiger partial charge on any atom is 0.264 e. The van der Waals surface area contributed by atoms with Crippen LogP contribution in [0.25, 0.3) is 10.8 Å². The van der Waals surface area contributed by atoms with Crippen LogP contribution in [0.3, 0.4) is 0 Å². The Hall–Kier alpha value is -3.85. The molecule has 5 rings (SSSR count). The summed E-state index contributed by atoms with van der Waals surface area (Å²) < 4.78 is 27.4. The Morgan fingerprint density at radius 1 is 0.938 bits per heavy atom. The number of sulfonamides is 1. The average Bonchev–Trinajstić information content (AvgIpc) is 3.61. The minimum Gasteiger partial charge on any atom is -0.326 e. The molecule has 0 saturated heterocycles. The highest BCUT2D eigenvalue weighted by Crippen LogP contribution is 2.48. The molecule has 2 aromatic heterocycles. The molecule has 1 saturated carbocycles. The number of anilines is 2. The van der Waals surface area contributed by atoms with Crippen molar-refractivity contribution >= 4 is 38.3 Å². The Kier molecular flexibility index (Phi) is 5.02. The zero-order valence-electron chi connectivity index (χ0n) is 16.8. The second-order valence-electron chi connectivity index (χ2n) is 7.62. The first-order valence-electron chi connectivity index (χ1n) is 10.0. The Bertz CT molecular complexity index is 1390.